The lowest BCUT2D eigenvalue weighted by Crippen LogP contribution is -1.97. The molecule has 0 saturated heterocycles. The number of hydrogen-bond donors (Lipinski definition) is 0. The summed E-state index contributed by atoms with van der Waals surface area (Å²) in [7, 11) is 0. The Labute approximate surface area is 154 Å². The van der Waals surface area contributed by atoms with Crippen LogP contribution in [0.5, 0.6) is 11.6 Å². The molecule has 0 aliphatic heterocycles. The normalized spacial score (nSPS) is 10.7. The van der Waals surface area contributed by atoms with Crippen molar-refractivity contribution in [3.63, 3.8) is 0 Å². The highest BCUT2D eigenvalue weighted by molar-refractivity contribution is 5.79. The van der Waals surface area contributed by atoms with E-state index in [1.807, 2.05) is 37.3 Å². The minimum atomic E-state index is -0.445. The van der Waals surface area contributed by atoms with E-state index in [1.54, 1.807) is 24.4 Å². The molecule has 0 amide bonds. The van der Waals surface area contributed by atoms with E-state index in [9.17, 15) is 10.1 Å². The van der Waals surface area contributed by atoms with E-state index in [2.05, 4.69) is 15.0 Å². The van der Waals surface area contributed by atoms with Crippen LogP contribution in [0.3, 0.4) is 0 Å². The first-order valence-electron chi connectivity index (χ1n) is 8.22. The topological polar surface area (TPSA) is 91.0 Å². The van der Waals surface area contributed by atoms with Crippen LogP contribution in [0, 0.1) is 17.0 Å². The number of nitrogens with zero attached hydrogens (tertiary/aromatic N) is 4. The lowest BCUT2D eigenvalue weighted by Gasteiger charge is -2.08. The molecule has 4 rings (SSSR count). The fourth-order valence-corrected chi connectivity index (χ4v) is 2.72. The molecule has 0 bridgehead atoms. The molecule has 4 aromatic rings. The molecule has 0 aliphatic carbocycles. The monoisotopic (exact) mass is 358 g/mol. The van der Waals surface area contributed by atoms with E-state index < -0.39 is 4.92 Å². The fourth-order valence-electron chi connectivity index (χ4n) is 2.72. The second-order valence-electron chi connectivity index (χ2n) is 5.94. The predicted octanol–water partition coefficient (Wildman–Crippen LogP) is 4.70. The van der Waals surface area contributed by atoms with Gasteiger partial charge in [-0.25, -0.2) is 4.98 Å². The minimum absolute atomic E-state index is 0.0119. The highest BCUT2D eigenvalue weighted by atomic mass is 16.6. The Hall–Kier alpha value is -3.87. The molecular weight excluding hydrogens is 344 g/mol. The number of benzene rings is 2. The van der Waals surface area contributed by atoms with Gasteiger partial charge < -0.3 is 4.74 Å². The summed E-state index contributed by atoms with van der Waals surface area (Å²) in [6.45, 7) is 1.82. The number of ether oxygens (including phenoxy) is 1. The third-order valence-electron chi connectivity index (χ3n) is 3.94. The van der Waals surface area contributed by atoms with Crippen molar-refractivity contribution in [2.45, 2.75) is 6.92 Å². The lowest BCUT2D eigenvalue weighted by atomic mass is 10.2. The van der Waals surface area contributed by atoms with Crippen LogP contribution in [0.15, 0.2) is 66.9 Å². The smallest absolute Gasteiger partial charge is 0.270 e. The molecule has 7 nitrogen and oxygen atoms in total. The van der Waals surface area contributed by atoms with Crippen LogP contribution in [0.2, 0.25) is 0 Å². The maximum Gasteiger partial charge on any atom is 0.270 e. The van der Waals surface area contributed by atoms with Gasteiger partial charge >= 0.3 is 0 Å². The van der Waals surface area contributed by atoms with Crippen molar-refractivity contribution in [1.82, 2.24) is 15.0 Å². The highest BCUT2D eigenvalue weighted by Crippen LogP contribution is 2.27. The van der Waals surface area contributed by atoms with Gasteiger partial charge in [0.2, 0.25) is 5.88 Å². The van der Waals surface area contributed by atoms with Crippen molar-refractivity contribution in [2.75, 3.05) is 0 Å². The van der Waals surface area contributed by atoms with Crippen molar-refractivity contribution >= 4 is 16.6 Å². The molecule has 132 valence electrons. The maximum atomic E-state index is 11.0. The number of rotatable bonds is 4. The summed E-state index contributed by atoms with van der Waals surface area (Å²) in [5, 5.41) is 12.0. The van der Waals surface area contributed by atoms with E-state index >= 15 is 0 Å². The van der Waals surface area contributed by atoms with Crippen molar-refractivity contribution in [3.05, 3.63) is 82.7 Å². The lowest BCUT2D eigenvalue weighted by molar-refractivity contribution is -0.384. The molecule has 0 N–H and O–H groups in total. The molecule has 7 heteroatoms. The van der Waals surface area contributed by atoms with Gasteiger partial charge in [-0.05, 0) is 31.2 Å². The SMILES string of the molecule is Cc1cc(Oc2ccc3ncccc3c2)nc(-c2cccc([N+](=O)[O-])c2)n1. The molecule has 2 aromatic heterocycles. The summed E-state index contributed by atoms with van der Waals surface area (Å²) in [5.41, 5.74) is 2.12. The van der Waals surface area contributed by atoms with Gasteiger partial charge in [0.25, 0.3) is 5.69 Å². The Morgan fingerprint density at radius 3 is 2.74 bits per heavy atom. The second-order valence-corrected chi connectivity index (χ2v) is 5.94. The minimum Gasteiger partial charge on any atom is -0.439 e. The van der Waals surface area contributed by atoms with Crippen LogP contribution < -0.4 is 4.74 Å². The zero-order valence-electron chi connectivity index (χ0n) is 14.4. The van der Waals surface area contributed by atoms with Crippen molar-refractivity contribution in [2.24, 2.45) is 0 Å². The summed E-state index contributed by atoms with van der Waals surface area (Å²) in [4.78, 5) is 23.6. The molecular formula is C20H14N4O3. The van der Waals surface area contributed by atoms with Gasteiger partial charge in [0.15, 0.2) is 5.82 Å². The Morgan fingerprint density at radius 2 is 1.89 bits per heavy atom. The molecule has 0 spiro atoms. The highest BCUT2D eigenvalue weighted by Gasteiger charge is 2.11. The van der Waals surface area contributed by atoms with Gasteiger partial charge in [0, 0.05) is 41.0 Å². The molecule has 2 heterocycles. The van der Waals surface area contributed by atoms with Crippen molar-refractivity contribution in [1.29, 1.82) is 0 Å². The van der Waals surface area contributed by atoms with Crippen LogP contribution in [-0.4, -0.2) is 19.9 Å². The van der Waals surface area contributed by atoms with Gasteiger partial charge in [-0.15, -0.1) is 0 Å². The zero-order chi connectivity index (χ0) is 18.8. The number of non-ortho nitro benzene ring substituents is 1. The largest absolute Gasteiger partial charge is 0.439 e. The summed E-state index contributed by atoms with van der Waals surface area (Å²) in [6.07, 6.45) is 1.74. The molecule has 0 saturated carbocycles. The average Bonchev–Trinajstić information content (AvgIpc) is 2.67. The van der Waals surface area contributed by atoms with Gasteiger partial charge in [0.05, 0.1) is 10.4 Å². The van der Waals surface area contributed by atoms with E-state index in [1.165, 1.54) is 12.1 Å². The summed E-state index contributed by atoms with van der Waals surface area (Å²) >= 11 is 0. The molecule has 2 aromatic carbocycles. The average molecular weight is 358 g/mol. The molecule has 0 aliphatic rings. The number of pyridine rings is 1. The second kappa shape index (κ2) is 6.80. The van der Waals surface area contributed by atoms with Gasteiger partial charge in [-0.1, -0.05) is 18.2 Å². The Kier molecular flexibility index (Phi) is 4.18. The number of hydrogen-bond acceptors (Lipinski definition) is 6. The quantitative estimate of drug-likeness (QED) is 0.388. The first-order valence-corrected chi connectivity index (χ1v) is 8.22. The van der Waals surface area contributed by atoms with Gasteiger partial charge in [0.1, 0.15) is 5.75 Å². The number of nitro benzene ring substituents is 1. The molecule has 0 atom stereocenters. The molecule has 0 unspecified atom stereocenters. The standard InChI is InChI=1S/C20H14N4O3/c1-13-10-19(27-17-7-8-18-14(12-17)5-3-9-21-18)23-20(22-13)15-4-2-6-16(11-15)24(25)26/h2-12H,1H3. The number of nitro groups is 1. The Bertz CT molecular complexity index is 1160. The molecule has 27 heavy (non-hydrogen) atoms. The van der Waals surface area contributed by atoms with Crippen molar-refractivity contribution in [3.8, 4) is 23.0 Å². The summed E-state index contributed by atoms with van der Waals surface area (Å²) < 4.78 is 5.89. The van der Waals surface area contributed by atoms with E-state index in [0.29, 0.717) is 28.7 Å². The first-order chi connectivity index (χ1) is 13.1. The van der Waals surface area contributed by atoms with E-state index in [-0.39, 0.29) is 5.69 Å². The van der Waals surface area contributed by atoms with Crippen molar-refractivity contribution < 1.29 is 9.66 Å². The first kappa shape index (κ1) is 16.6. The fraction of sp³-hybridized carbons (Fsp3) is 0.0500. The van der Waals surface area contributed by atoms with Crippen LogP contribution in [0.25, 0.3) is 22.3 Å². The van der Waals surface area contributed by atoms with Gasteiger partial charge in [-0.2, -0.15) is 4.98 Å². The molecule has 0 radical (unpaired) electrons. The van der Waals surface area contributed by atoms with Crippen LogP contribution in [-0.2, 0) is 0 Å². The van der Waals surface area contributed by atoms with E-state index in [4.69, 9.17) is 4.74 Å². The van der Waals surface area contributed by atoms with Crippen LogP contribution in [0.1, 0.15) is 5.69 Å². The van der Waals surface area contributed by atoms with E-state index in [0.717, 1.165) is 10.9 Å². The zero-order valence-corrected chi connectivity index (χ0v) is 14.4. The number of aromatic nitrogens is 3. The van der Waals surface area contributed by atoms with Crippen LogP contribution >= 0.6 is 0 Å². The summed E-state index contributed by atoms with van der Waals surface area (Å²) in [5.74, 6) is 1.36. The number of aryl methyl sites for hydroxylation is 1. The number of fused-ring (bicyclic) bond motifs is 1. The predicted molar refractivity (Wildman–Crippen MR) is 101 cm³/mol. The van der Waals surface area contributed by atoms with Crippen LogP contribution in [0.4, 0.5) is 5.69 Å². The third kappa shape index (κ3) is 3.57. The molecule has 0 fully saturated rings. The summed E-state index contributed by atoms with van der Waals surface area (Å²) in [6, 6.07) is 17.3. The van der Waals surface area contributed by atoms with Gasteiger partial charge in [-0.3, -0.25) is 15.1 Å². The Morgan fingerprint density at radius 1 is 1.00 bits per heavy atom. The Balaban J connectivity index is 1.69. The third-order valence-corrected chi connectivity index (χ3v) is 3.94. The maximum absolute atomic E-state index is 11.0.